The largest absolute Gasteiger partial charge is 0.497 e. The van der Waals surface area contributed by atoms with Gasteiger partial charge in [0.1, 0.15) is 5.75 Å². The number of hydrogen-bond donors (Lipinski definition) is 0. The molecule has 0 bridgehead atoms. The van der Waals surface area contributed by atoms with Crippen molar-refractivity contribution in [1.29, 1.82) is 0 Å². The zero-order valence-corrected chi connectivity index (χ0v) is 20.6. The number of nitrogens with zero attached hydrogens (tertiary/aromatic N) is 2. The molecule has 0 saturated carbocycles. The molecule has 1 fully saturated rings. The fraction of sp³-hybridized carbons (Fsp3) is 0.296. The van der Waals surface area contributed by atoms with Crippen molar-refractivity contribution in [1.82, 2.24) is 9.80 Å². The van der Waals surface area contributed by atoms with Crippen molar-refractivity contribution >= 4 is 29.1 Å². The van der Waals surface area contributed by atoms with E-state index in [1.54, 1.807) is 31.4 Å². The minimum atomic E-state index is -0.146. The highest BCUT2D eigenvalue weighted by Crippen LogP contribution is 2.26. The highest BCUT2D eigenvalue weighted by Gasteiger charge is 2.25. The predicted octanol–water partition coefficient (Wildman–Crippen LogP) is 5.72. The Bertz CT molecular complexity index is 1100. The topological polar surface area (TPSA) is 42.0 Å². The summed E-state index contributed by atoms with van der Waals surface area (Å²) in [4.78, 5) is 17.1. The molecule has 1 heterocycles. The Morgan fingerprint density at radius 3 is 2.35 bits per heavy atom. The van der Waals surface area contributed by atoms with Crippen molar-refractivity contribution in [3.05, 3.63) is 99.5 Å². The number of carbonyl (C=O) groups excluding carboxylic acids is 1. The van der Waals surface area contributed by atoms with Crippen LogP contribution in [-0.2, 0) is 11.3 Å². The molecule has 1 atom stereocenters. The van der Waals surface area contributed by atoms with E-state index in [2.05, 4.69) is 11.0 Å². The Hall–Kier alpha value is -2.57. The first-order valence-electron chi connectivity index (χ1n) is 11.3. The molecule has 1 aliphatic heterocycles. The van der Waals surface area contributed by atoms with Gasteiger partial charge in [-0.25, -0.2) is 0 Å². The number of hydrogen-bond acceptors (Lipinski definition) is 4. The number of carbonyl (C=O) groups is 1. The average Bonchev–Trinajstić information content (AvgIpc) is 2.87. The van der Waals surface area contributed by atoms with Gasteiger partial charge in [0.05, 0.1) is 19.8 Å². The summed E-state index contributed by atoms with van der Waals surface area (Å²) in [6, 6.07) is 22.8. The first kappa shape index (κ1) is 24.6. The highest BCUT2D eigenvalue weighted by atomic mass is 35.5. The molecule has 1 saturated heterocycles. The molecule has 5 nitrogen and oxygen atoms in total. The fourth-order valence-corrected chi connectivity index (χ4v) is 4.40. The zero-order chi connectivity index (χ0) is 23.9. The van der Waals surface area contributed by atoms with Gasteiger partial charge < -0.3 is 14.4 Å². The monoisotopic (exact) mass is 498 g/mol. The van der Waals surface area contributed by atoms with Gasteiger partial charge in [-0.05, 0) is 59.7 Å². The molecule has 0 radical (unpaired) electrons. The summed E-state index contributed by atoms with van der Waals surface area (Å²) in [5.74, 6) is 0.838. The van der Waals surface area contributed by atoms with Gasteiger partial charge in [-0.3, -0.25) is 9.69 Å². The third kappa shape index (κ3) is 6.51. The highest BCUT2D eigenvalue weighted by molar-refractivity contribution is 6.30. The molecular weight excluding hydrogens is 471 g/mol. The van der Waals surface area contributed by atoms with Crippen molar-refractivity contribution in [2.24, 2.45) is 0 Å². The van der Waals surface area contributed by atoms with Crippen LogP contribution in [0.1, 0.15) is 27.6 Å². The fourth-order valence-electron chi connectivity index (χ4n) is 4.06. The van der Waals surface area contributed by atoms with Crippen LogP contribution in [0, 0.1) is 0 Å². The van der Waals surface area contributed by atoms with Crippen molar-refractivity contribution in [2.45, 2.75) is 12.7 Å². The number of benzene rings is 3. The predicted molar refractivity (Wildman–Crippen MR) is 136 cm³/mol. The number of amides is 1. The van der Waals surface area contributed by atoms with E-state index in [-0.39, 0.29) is 12.0 Å². The summed E-state index contributed by atoms with van der Waals surface area (Å²) < 4.78 is 11.8. The zero-order valence-electron chi connectivity index (χ0n) is 19.1. The summed E-state index contributed by atoms with van der Waals surface area (Å²) in [6.07, 6.45) is -0.146. The Labute approximate surface area is 210 Å². The van der Waals surface area contributed by atoms with Crippen molar-refractivity contribution < 1.29 is 14.3 Å². The van der Waals surface area contributed by atoms with Crippen molar-refractivity contribution in [3.63, 3.8) is 0 Å². The molecule has 0 N–H and O–H groups in total. The average molecular weight is 499 g/mol. The molecule has 178 valence electrons. The third-order valence-electron chi connectivity index (χ3n) is 5.98. The molecule has 0 unspecified atom stereocenters. The standard InChI is InChI=1S/C27H28Cl2N2O3/c1-33-25-7-3-5-22(17-25)26(34-19-20-4-2-6-24(29)16-20)18-30-12-14-31(15-13-30)27(32)21-8-10-23(28)11-9-21/h2-11,16-17,26H,12-15,18-19H2,1H3/t26-/m1/s1. The second kappa shape index (κ2) is 11.7. The lowest BCUT2D eigenvalue weighted by molar-refractivity contribution is 0.00333. The molecule has 0 spiro atoms. The number of piperazine rings is 1. The smallest absolute Gasteiger partial charge is 0.253 e. The van der Waals surface area contributed by atoms with Crippen molar-refractivity contribution in [3.8, 4) is 5.75 Å². The Morgan fingerprint density at radius 1 is 0.912 bits per heavy atom. The van der Waals surface area contributed by atoms with Crippen LogP contribution < -0.4 is 4.74 Å². The van der Waals surface area contributed by atoms with Crippen LogP contribution in [0.5, 0.6) is 5.75 Å². The molecule has 7 heteroatoms. The van der Waals surface area contributed by atoms with Crippen LogP contribution in [0.4, 0.5) is 0 Å². The second-order valence-corrected chi connectivity index (χ2v) is 9.18. The molecular formula is C27H28Cl2N2O3. The lowest BCUT2D eigenvalue weighted by atomic mass is 10.1. The molecule has 3 aromatic carbocycles. The summed E-state index contributed by atoms with van der Waals surface area (Å²) in [5.41, 5.74) is 2.75. The number of methoxy groups -OCH3 is 1. The van der Waals surface area contributed by atoms with Gasteiger partial charge in [0.2, 0.25) is 0 Å². The second-order valence-electron chi connectivity index (χ2n) is 8.31. The van der Waals surface area contributed by atoms with Crippen LogP contribution in [0.2, 0.25) is 10.0 Å². The molecule has 4 rings (SSSR count). The lowest BCUT2D eigenvalue weighted by Gasteiger charge is -2.36. The van der Waals surface area contributed by atoms with Gasteiger partial charge in [-0.15, -0.1) is 0 Å². The Kier molecular flexibility index (Phi) is 8.46. The summed E-state index contributed by atoms with van der Waals surface area (Å²) in [6.45, 7) is 4.07. The molecule has 0 aromatic heterocycles. The van der Waals surface area contributed by atoms with E-state index in [1.165, 1.54) is 0 Å². The summed E-state index contributed by atoms with van der Waals surface area (Å²) >= 11 is 12.1. The SMILES string of the molecule is COc1cccc([C@@H](CN2CCN(C(=O)c3ccc(Cl)cc3)CC2)OCc2cccc(Cl)c2)c1. The van der Waals surface area contributed by atoms with Crippen LogP contribution in [0.3, 0.4) is 0 Å². The van der Waals surface area contributed by atoms with E-state index < -0.39 is 0 Å². The first-order chi connectivity index (χ1) is 16.5. The summed E-state index contributed by atoms with van der Waals surface area (Å²) in [7, 11) is 1.66. The van der Waals surface area contributed by atoms with Gasteiger partial charge >= 0.3 is 0 Å². The van der Waals surface area contributed by atoms with Gasteiger partial charge in [-0.2, -0.15) is 0 Å². The quantitative estimate of drug-likeness (QED) is 0.398. The van der Waals surface area contributed by atoms with Gasteiger partial charge in [0, 0.05) is 48.3 Å². The normalized spacial score (nSPS) is 15.2. The molecule has 1 aliphatic rings. The van der Waals surface area contributed by atoms with E-state index >= 15 is 0 Å². The van der Waals surface area contributed by atoms with Crippen LogP contribution in [-0.4, -0.2) is 55.5 Å². The lowest BCUT2D eigenvalue weighted by Crippen LogP contribution is -2.49. The van der Waals surface area contributed by atoms with E-state index in [1.807, 2.05) is 47.4 Å². The molecule has 34 heavy (non-hydrogen) atoms. The minimum absolute atomic E-state index is 0.0397. The van der Waals surface area contributed by atoms with Gasteiger partial charge in [0.25, 0.3) is 5.91 Å². The van der Waals surface area contributed by atoms with Crippen LogP contribution in [0.15, 0.2) is 72.8 Å². The third-order valence-corrected chi connectivity index (χ3v) is 6.47. The van der Waals surface area contributed by atoms with E-state index in [0.29, 0.717) is 35.3 Å². The molecule has 0 aliphatic carbocycles. The van der Waals surface area contributed by atoms with Crippen LogP contribution in [0.25, 0.3) is 0 Å². The van der Waals surface area contributed by atoms with Crippen LogP contribution >= 0.6 is 23.2 Å². The van der Waals surface area contributed by atoms with E-state index in [9.17, 15) is 4.79 Å². The Morgan fingerprint density at radius 2 is 1.65 bits per heavy atom. The van der Waals surface area contributed by atoms with E-state index in [4.69, 9.17) is 32.7 Å². The number of ether oxygens (including phenoxy) is 2. The van der Waals surface area contributed by atoms with Crippen molar-refractivity contribution in [2.75, 3.05) is 39.8 Å². The Balaban J connectivity index is 1.40. The number of halogens is 2. The first-order valence-corrected chi connectivity index (χ1v) is 12.0. The van der Waals surface area contributed by atoms with Gasteiger partial charge in [0.15, 0.2) is 0 Å². The maximum absolute atomic E-state index is 12.8. The molecule has 3 aromatic rings. The molecule has 1 amide bonds. The maximum Gasteiger partial charge on any atom is 0.253 e. The number of rotatable bonds is 8. The van der Waals surface area contributed by atoms with E-state index in [0.717, 1.165) is 36.5 Å². The summed E-state index contributed by atoms with van der Waals surface area (Å²) in [5, 5.41) is 1.32. The van der Waals surface area contributed by atoms with Gasteiger partial charge in [-0.1, -0.05) is 47.5 Å². The minimum Gasteiger partial charge on any atom is -0.497 e. The maximum atomic E-state index is 12.8.